The Balaban J connectivity index is 1.40. The molecule has 0 saturated heterocycles. The summed E-state index contributed by atoms with van der Waals surface area (Å²) in [7, 11) is 0. The van der Waals surface area contributed by atoms with Crippen LogP contribution in [0.15, 0.2) is 95.3 Å². The van der Waals surface area contributed by atoms with Crippen molar-refractivity contribution in [3.8, 4) is 17.1 Å². The van der Waals surface area contributed by atoms with Crippen molar-refractivity contribution in [2.24, 2.45) is 0 Å². The molecule has 5 aromatic rings. The van der Waals surface area contributed by atoms with E-state index < -0.39 is 5.91 Å². The first-order valence-electron chi connectivity index (χ1n) is 10.2. The van der Waals surface area contributed by atoms with Crippen LogP contribution in [-0.4, -0.2) is 25.7 Å². The van der Waals surface area contributed by atoms with Gasteiger partial charge in [0.25, 0.3) is 5.91 Å². The van der Waals surface area contributed by atoms with Crippen molar-refractivity contribution in [1.29, 1.82) is 0 Å². The van der Waals surface area contributed by atoms with Crippen LogP contribution in [0, 0.1) is 5.82 Å². The van der Waals surface area contributed by atoms with Gasteiger partial charge < -0.3 is 4.72 Å². The Labute approximate surface area is 202 Å². The predicted octanol–water partition coefficient (Wildman–Crippen LogP) is 5.90. The van der Waals surface area contributed by atoms with Gasteiger partial charge in [-0.05, 0) is 60.5 Å². The highest BCUT2D eigenvalue weighted by molar-refractivity contribution is 8.00. The molecule has 3 aromatic heterocycles. The monoisotopic (exact) mass is 488 g/mol. The third-order valence-electron chi connectivity index (χ3n) is 4.68. The molecule has 1 amide bonds. The van der Waals surface area contributed by atoms with Crippen molar-refractivity contribution in [1.82, 2.24) is 19.7 Å². The number of rotatable bonds is 7. The van der Waals surface area contributed by atoms with Gasteiger partial charge in [0.2, 0.25) is 0 Å². The van der Waals surface area contributed by atoms with Gasteiger partial charge in [-0.25, -0.2) is 14.1 Å². The molecule has 0 unspecified atom stereocenters. The SMILES string of the molecule is O=C(Nc1nc(-c2ccccn2)cs1)c1cc(NSc2ccccc2)nn1-c1ccc(F)cc1. The van der Waals surface area contributed by atoms with Crippen LogP contribution in [0.25, 0.3) is 17.1 Å². The smallest absolute Gasteiger partial charge is 0.276 e. The second kappa shape index (κ2) is 9.86. The number of benzene rings is 2. The van der Waals surface area contributed by atoms with E-state index in [2.05, 4.69) is 25.1 Å². The highest BCUT2D eigenvalue weighted by atomic mass is 32.2. The van der Waals surface area contributed by atoms with Crippen LogP contribution in [-0.2, 0) is 0 Å². The van der Waals surface area contributed by atoms with Crippen LogP contribution in [0.1, 0.15) is 10.5 Å². The van der Waals surface area contributed by atoms with Crippen LogP contribution in [0.3, 0.4) is 0 Å². The van der Waals surface area contributed by atoms with Crippen LogP contribution in [0.4, 0.5) is 15.3 Å². The second-order valence-electron chi connectivity index (χ2n) is 7.03. The fraction of sp³-hybridized carbons (Fsp3) is 0. The zero-order chi connectivity index (χ0) is 23.3. The summed E-state index contributed by atoms with van der Waals surface area (Å²) >= 11 is 2.68. The Morgan fingerprint density at radius 3 is 2.53 bits per heavy atom. The molecule has 2 N–H and O–H groups in total. The molecule has 0 aliphatic carbocycles. The van der Waals surface area contributed by atoms with Crippen LogP contribution in [0.5, 0.6) is 0 Å². The molecule has 7 nitrogen and oxygen atoms in total. The zero-order valence-corrected chi connectivity index (χ0v) is 19.2. The van der Waals surface area contributed by atoms with E-state index in [1.807, 2.05) is 53.9 Å². The summed E-state index contributed by atoms with van der Waals surface area (Å²) in [5.74, 6) is -0.280. The van der Waals surface area contributed by atoms with Crippen LogP contribution >= 0.6 is 23.3 Å². The number of carbonyl (C=O) groups excluding carboxylic acids is 1. The summed E-state index contributed by atoms with van der Waals surface area (Å²) < 4.78 is 18.1. The molecule has 0 aliphatic heterocycles. The van der Waals surface area contributed by atoms with E-state index in [1.165, 1.54) is 40.1 Å². The van der Waals surface area contributed by atoms with E-state index in [9.17, 15) is 9.18 Å². The Morgan fingerprint density at radius 2 is 1.76 bits per heavy atom. The van der Waals surface area contributed by atoms with Gasteiger partial charge in [-0.3, -0.25) is 15.1 Å². The lowest BCUT2D eigenvalue weighted by Gasteiger charge is -2.07. The highest BCUT2D eigenvalue weighted by Crippen LogP contribution is 2.26. The van der Waals surface area contributed by atoms with E-state index in [4.69, 9.17) is 0 Å². The first-order chi connectivity index (χ1) is 16.7. The number of hydrogen-bond donors (Lipinski definition) is 2. The summed E-state index contributed by atoms with van der Waals surface area (Å²) in [6, 6.07) is 22.7. The van der Waals surface area contributed by atoms with Crippen molar-refractivity contribution in [2.45, 2.75) is 4.90 Å². The van der Waals surface area contributed by atoms with Crippen molar-refractivity contribution < 1.29 is 9.18 Å². The number of anilines is 2. The van der Waals surface area contributed by atoms with Crippen LogP contribution < -0.4 is 10.0 Å². The van der Waals surface area contributed by atoms with E-state index in [1.54, 1.807) is 24.4 Å². The Kier molecular flexibility index (Phi) is 6.32. The summed E-state index contributed by atoms with van der Waals surface area (Å²) in [6.45, 7) is 0. The average Bonchev–Trinajstić information content (AvgIpc) is 3.52. The van der Waals surface area contributed by atoms with Gasteiger partial charge in [-0.15, -0.1) is 16.4 Å². The lowest BCUT2D eigenvalue weighted by atomic mass is 10.3. The lowest BCUT2D eigenvalue weighted by Crippen LogP contribution is -2.16. The molecule has 2 aromatic carbocycles. The maximum absolute atomic E-state index is 13.5. The van der Waals surface area contributed by atoms with Crippen LogP contribution in [0.2, 0.25) is 0 Å². The van der Waals surface area contributed by atoms with Crippen molar-refractivity contribution in [3.05, 3.63) is 102 Å². The Morgan fingerprint density at radius 1 is 0.971 bits per heavy atom. The molecule has 0 aliphatic rings. The van der Waals surface area contributed by atoms with Gasteiger partial charge >= 0.3 is 0 Å². The summed E-state index contributed by atoms with van der Waals surface area (Å²) in [6.07, 6.45) is 1.69. The minimum Gasteiger partial charge on any atom is -0.309 e. The molecule has 168 valence electrons. The molecule has 0 bridgehead atoms. The standard InChI is InChI=1S/C24H17FN6OS2/c25-16-9-11-17(12-10-16)31-21(14-22(29-31)30-34-18-6-2-1-3-7-18)23(32)28-24-27-20(15-33-24)19-8-4-5-13-26-19/h1-15H,(H,29,30)(H,27,28,32). The van der Waals surface area contributed by atoms with Gasteiger partial charge in [0.15, 0.2) is 10.9 Å². The number of thiazole rings is 1. The highest BCUT2D eigenvalue weighted by Gasteiger charge is 2.19. The molecule has 34 heavy (non-hydrogen) atoms. The molecule has 0 saturated carbocycles. The van der Waals surface area contributed by atoms with E-state index in [0.717, 1.165) is 10.6 Å². The molecular formula is C24H17FN6OS2. The van der Waals surface area contributed by atoms with E-state index in [0.29, 0.717) is 22.3 Å². The molecule has 0 atom stereocenters. The van der Waals surface area contributed by atoms with Crippen molar-refractivity contribution in [3.63, 3.8) is 0 Å². The quantitative estimate of drug-likeness (QED) is 0.278. The normalized spacial score (nSPS) is 10.7. The van der Waals surface area contributed by atoms with Gasteiger partial charge in [-0.2, -0.15) is 0 Å². The average molecular weight is 489 g/mol. The predicted molar refractivity (Wildman–Crippen MR) is 133 cm³/mol. The number of amides is 1. The number of aromatic nitrogens is 4. The fourth-order valence-electron chi connectivity index (χ4n) is 3.10. The number of halogens is 1. The van der Waals surface area contributed by atoms with Gasteiger partial charge in [0.05, 0.1) is 11.4 Å². The van der Waals surface area contributed by atoms with Crippen molar-refractivity contribution >= 4 is 40.1 Å². The number of hydrogen-bond acceptors (Lipinski definition) is 7. The third kappa shape index (κ3) is 4.98. The molecule has 5 rings (SSSR count). The van der Waals surface area contributed by atoms with Gasteiger partial charge in [0.1, 0.15) is 17.2 Å². The molecular weight excluding hydrogens is 471 g/mol. The van der Waals surface area contributed by atoms with E-state index >= 15 is 0 Å². The Bertz CT molecular complexity index is 1400. The summed E-state index contributed by atoms with van der Waals surface area (Å²) in [4.78, 5) is 22.9. The first-order valence-corrected chi connectivity index (χ1v) is 11.9. The second-order valence-corrected chi connectivity index (χ2v) is 8.76. The summed E-state index contributed by atoms with van der Waals surface area (Å²) in [5.41, 5.74) is 2.23. The van der Waals surface area contributed by atoms with E-state index in [-0.39, 0.29) is 11.5 Å². The zero-order valence-electron chi connectivity index (χ0n) is 17.6. The lowest BCUT2D eigenvalue weighted by molar-refractivity contribution is 0.101. The number of pyridine rings is 1. The molecule has 0 fully saturated rings. The first kappa shape index (κ1) is 21.8. The molecule has 10 heteroatoms. The van der Waals surface area contributed by atoms with Gasteiger partial charge in [-0.1, -0.05) is 24.3 Å². The number of nitrogens with zero attached hydrogens (tertiary/aromatic N) is 4. The maximum atomic E-state index is 13.5. The maximum Gasteiger partial charge on any atom is 0.276 e. The number of nitrogens with one attached hydrogen (secondary N) is 2. The minimum absolute atomic E-state index is 0.275. The molecule has 0 spiro atoms. The van der Waals surface area contributed by atoms with Crippen molar-refractivity contribution in [2.75, 3.05) is 10.0 Å². The number of carbonyl (C=O) groups is 1. The third-order valence-corrected chi connectivity index (χ3v) is 6.26. The molecule has 3 heterocycles. The summed E-state index contributed by atoms with van der Waals surface area (Å²) in [5, 5.41) is 9.61. The van der Waals surface area contributed by atoms with Gasteiger partial charge in [0, 0.05) is 22.5 Å². The largest absolute Gasteiger partial charge is 0.309 e. The Hall–Kier alpha value is -4.02. The minimum atomic E-state index is -0.392. The molecule has 0 radical (unpaired) electrons. The fourth-order valence-corrected chi connectivity index (χ4v) is 4.41. The topological polar surface area (TPSA) is 84.7 Å².